The minimum absolute atomic E-state index is 0.0210. The molecule has 0 bridgehead atoms. The van der Waals surface area contributed by atoms with Crippen molar-refractivity contribution in [2.45, 2.75) is 58.9 Å². The van der Waals surface area contributed by atoms with Crippen molar-refractivity contribution in [3.63, 3.8) is 0 Å². The van der Waals surface area contributed by atoms with Crippen LogP contribution in [0.1, 0.15) is 73.4 Å². The summed E-state index contributed by atoms with van der Waals surface area (Å²) >= 11 is 0. The fourth-order valence-corrected chi connectivity index (χ4v) is 6.78. The van der Waals surface area contributed by atoms with E-state index in [9.17, 15) is 19.2 Å². The first-order chi connectivity index (χ1) is 27.3. The highest BCUT2D eigenvalue weighted by atomic mass is 16.5. The van der Waals surface area contributed by atoms with Gasteiger partial charge in [0.25, 0.3) is 0 Å². The maximum Gasteiger partial charge on any atom is 0.328 e. The van der Waals surface area contributed by atoms with E-state index in [0.717, 1.165) is 33.6 Å². The van der Waals surface area contributed by atoms with Gasteiger partial charge in [-0.3, -0.25) is 24.6 Å². The van der Waals surface area contributed by atoms with Gasteiger partial charge < -0.3 is 25.0 Å². The molecule has 5 aromatic rings. The molecule has 1 atom stereocenters. The van der Waals surface area contributed by atoms with Gasteiger partial charge in [-0.25, -0.2) is 19.7 Å². The number of imide groups is 1. The lowest BCUT2D eigenvalue weighted by Gasteiger charge is -2.36. The lowest BCUT2D eigenvalue weighted by Crippen LogP contribution is -2.49. The molecule has 0 unspecified atom stereocenters. The van der Waals surface area contributed by atoms with Gasteiger partial charge in [0.15, 0.2) is 5.82 Å². The Morgan fingerprint density at radius 1 is 0.912 bits per heavy atom. The molecular weight excluding hydrogens is 727 g/mol. The number of benzene rings is 2. The number of hydrogen-bond donors (Lipinski definition) is 3. The van der Waals surface area contributed by atoms with Crippen molar-refractivity contribution in [1.29, 1.82) is 0 Å². The van der Waals surface area contributed by atoms with Gasteiger partial charge in [-0.15, -0.1) is 0 Å². The van der Waals surface area contributed by atoms with E-state index in [-0.39, 0.29) is 42.0 Å². The number of aromatic nitrogens is 5. The van der Waals surface area contributed by atoms with E-state index in [2.05, 4.69) is 45.9 Å². The van der Waals surface area contributed by atoms with Crippen LogP contribution in [0, 0.1) is 6.92 Å². The number of hydrogen-bond acceptors (Lipinski definition) is 12. The zero-order valence-electron chi connectivity index (χ0n) is 32.6. The average molecular weight is 772 g/mol. The highest BCUT2D eigenvalue weighted by Gasteiger charge is 2.27. The summed E-state index contributed by atoms with van der Waals surface area (Å²) in [6.07, 6.45) is 3.77. The summed E-state index contributed by atoms with van der Waals surface area (Å²) in [5, 5.41) is 12.5. The Labute approximate surface area is 330 Å². The molecule has 2 fully saturated rings. The Morgan fingerprint density at radius 3 is 2.42 bits per heavy atom. The predicted molar refractivity (Wildman–Crippen MR) is 213 cm³/mol. The number of rotatable bonds is 10. The van der Waals surface area contributed by atoms with Gasteiger partial charge in [-0.2, -0.15) is 4.98 Å². The first-order valence-electron chi connectivity index (χ1n) is 18.8. The molecule has 0 saturated carbocycles. The monoisotopic (exact) mass is 771 g/mol. The molecule has 7 rings (SSSR count). The van der Waals surface area contributed by atoms with Gasteiger partial charge in [0.2, 0.25) is 11.8 Å². The maximum absolute atomic E-state index is 13.2. The minimum atomic E-state index is -0.449. The van der Waals surface area contributed by atoms with Crippen molar-refractivity contribution < 1.29 is 23.7 Å². The summed E-state index contributed by atoms with van der Waals surface area (Å²) in [5.41, 5.74) is 5.64. The number of nitrogens with zero attached hydrogens (tertiary/aromatic N) is 8. The second-order valence-electron chi connectivity index (χ2n) is 15.2. The lowest BCUT2D eigenvalue weighted by atomic mass is 9.96. The molecule has 3 N–H and O–H groups in total. The van der Waals surface area contributed by atoms with Gasteiger partial charge in [-0.1, -0.05) is 50.2 Å². The van der Waals surface area contributed by atoms with Crippen LogP contribution < -0.4 is 25.8 Å². The normalized spacial score (nSPS) is 15.3. The molecule has 0 radical (unpaired) electrons. The fourth-order valence-electron chi connectivity index (χ4n) is 6.78. The SMILES string of the molecule is Cc1cc(-c2cc(Nc3ccc(N4CCN(C(=O)Cc5cccc(N6CCC(=O)NC6=O)c5)CC4)cn3)ncn2)ccc1[C@@H](C)NC(=O)c1nc(C(C)(C)C)no1. The zero-order chi connectivity index (χ0) is 40.3. The smallest absolute Gasteiger partial charge is 0.328 e. The van der Waals surface area contributed by atoms with E-state index >= 15 is 0 Å². The predicted octanol–water partition coefficient (Wildman–Crippen LogP) is 5.10. The highest BCUT2D eigenvalue weighted by molar-refractivity contribution is 6.05. The van der Waals surface area contributed by atoms with Gasteiger partial charge in [-0.05, 0) is 60.9 Å². The van der Waals surface area contributed by atoms with Crippen LogP contribution in [0.15, 0.2) is 77.7 Å². The number of amides is 5. The number of urea groups is 1. The molecule has 2 aliphatic heterocycles. The van der Waals surface area contributed by atoms with Gasteiger partial charge in [0.1, 0.15) is 18.0 Å². The van der Waals surface area contributed by atoms with Crippen LogP contribution in [-0.2, 0) is 21.4 Å². The van der Waals surface area contributed by atoms with Crippen LogP contribution in [0.3, 0.4) is 0 Å². The van der Waals surface area contributed by atoms with E-state index in [1.54, 1.807) is 6.07 Å². The molecule has 16 nitrogen and oxygen atoms in total. The third kappa shape index (κ3) is 9.06. The van der Waals surface area contributed by atoms with Crippen molar-refractivity contribution >= 4 is 46.8 Å². The second kappa shape index (κ2) is 16.2. The van der Waals surface area contributed by atoms with E-state index in [1.165, 1.54) is 11.2 Å². The Kier molecular flexibility index (Phi) is 10.9. The summed E-state index contributed by atoms with van der Waals surface area (Å²) in [7, 11) is 0. The van der Waals surface area contributed by atoms with Gasteiger partial charge in [0, 0.05) is 61.9 Å². The number of nitrogens with one attached hydrogen (secondary N) is 3. The Balaban J connectivity index is 0.909. The number of carbonyl (C=O) groups is 4. The van der Waals surface area contributed by atoms with Crippen molar-refractivity contribution in [3.8, 4) is 11.3 Å². The first-order valence-corrected chi connectivity index (χ1v) is 18.8. The fraction of sp³-hybridized carbons (Fsp3) is 0.341. The average Bonchev–Trinajstić information content (AvgIpc) is 3.71. The van der Waals surface area contributed by atoms with Crippen molar-refractivity contribution in [3.05, 3.63) is 102 Å². The molecular formula is C41H45N11O5. The molecule has 294 valence electrons. The van der Waals surface area contributed by atoms with Crippen LogP contribution in [0.2, 0.25) is 0 Å². The molecule has 5 heterocycles. The van der Waals surface area contributed by atoms with Crippen molar-refractivity contribution in [1.82, 2.24) is 40.6 Å². The van der Waals surface area contributed by atoms with Gasteiger partial charge in [0.05, 0.1) is 30.0 Å². The number of pyridine rings is 1. The molecule has 5 amide bonds. The second-order valence-corrected chi connectivity index (χ2v) is 15.2. The van der Waals surface area contributed by atoms with E-state index in [1.807, 2.05) is 100 Å². The van der Waals surface area contributed by atoms with Crippen LogP contribution in [0.4, 0.5) is 27.8 Å². The largest absolute Gasteiger partial charge is 0.367 e. The molecule has 0 spiro atoms. The van der Waals surface area contributed by atoms with Gasteiger partial charge >= 0.3 is 17.8 Å². The summed E-state index contributed by atoms with van der Waals surface area (Å²) < 4.78 is 5.20. The van der Waals surface area contributed by atoms with Crippen LogP contribution >= 0.6 is 0 Å². The first kappa shape index (κ1) is 38.6. The molecule has 2 aliphatic rings. The summed E-state index contributed by atoms with van der Waals surface area (Å²) in [4.78, 5) is 73.2. The Hall–Kier alpha value is -6.71. The Bertz CT molecular complexity index is 2290. The van der Waals surface area contributed by atoms with Crippen molar-refractivity contribution in [2.75, 3.05) is 47.8 Å². The highest BCUT2D eigenvalue weighted by Crippen LogP contribution is 2.27. The Morgan fingerprint density at radius 2 is 1.72 bits per heavy atom. The minimum Gasteiger partial charge on any atom is -0.367 e. The maximum atomic E-state index is 13.2. The lowest BCUT2D eigenvalue weighted by molar-refractivity contribution is -0.130. The molecule has 2 aromatic carbocycles. The summed E-state index contributed by atoms with van der Waals surface area (Å²) in [5.74, 6) is 0.921. The molecule has 2 saturated heterocycles. The molecule has 0 aliphatic carbocycles. The number of carbonyl (C=O) groups excluding carboxylic acids is 4. The van der Waals surface area contributed by atoms with E-state index in [4.69, 9.17) is 4.52 Å². The van der Waals surface area contributed by atoms with E-state index in [0.29, 0.717) is 55.9 Å². The van der Waals surface area contributed by atoms with Crippen LogP contribution in [0.5, 0.6) is 0 Å². The number of anilines is 4. The van der Waals surface area contributed by atoms with Crippen molar-refractivity contribution in [2.24, 2.45) is 0 Å². The molecule has 57 heavy (non-hydrogen) atoms. The number of piperazine rings is 1. The molecule has 16 heteroatoms. The third-order valence-electron chi connectivity index (χ3n) is 9.97. The van der Waals surface area contributed by atoms with Crippen LogP contribution in [0.25, 0.3) is 11.3 Å². The quantitative estimate of drug-likeness (QED) is 0.171. The number of aryl methyl sites for hydroxylation is 1. The summed E-state index contributed by atoms with van der Waals surface area (Å²) in [6.45, 7) is 12.5. The topological polar surface area (TPSA) is 192 Å². The van der Waals surface area contributed by atoms with Crippen LogP contribution in [-0.4, -0.2) is 86.5 Å². The zero-order valence-corrected chi connectivity index (χ0v) is 32.6. The molecule has 3 aromatic heterocycles. The standard InChI is InChI=1S/C41H45N11O5/c1-25-19-28(9-11-31(25)26(2)45-37(55)38-48-39(49-57-38)41(3,4)5)32-22-34(44-24-43-32)46-33-12-10-30(23-42-33)50-15-17-51(18-16-50)36(54)21-27-7-6-8-29(20-27)52-14-13-35(53)47-40(52)56/h6-12,19-20,22-24,26H,13-18,21H2,1-5H3,(H,45,55)(H,47,53,56)(H,42,43,44,46)/t26-/m1/s1. The third-order valence-corrected chi connectivity index (χ3v) is 9.97. The van der Waals surface area contributed by atoms with E-state index < -0.39 is 11.9 Å². The summed E-state index contributed by atoms with van der Waals surface area (Å²) in [6, 6.07) is 18.3.